The molecule has 0 unspecified atom stereocenters. The molecule has 1 heterocycles. The lowest BCUT2D eigenvalue weighted by atomic mass is 10.1. The molecule has 3 heteroatoms. The highest BCUT2D eigenvalue weighted by molar-refractivity contribution is 5.81. The molecule has 1 N–H and O–H groups in total. The number of aliphatic hydroxyl groups is 1. The Kier molecular flexibility index (Phi) is 2.74. The average molecular weight is 203 g/mol. The third kappa shape index (κ3) is 2.02. The summed E-state index contributed by atoms with van der Waals surface area (Å²) in [5.41, 5.74) is 1.22. The third-order valence-corrected chi connectivity index (χ3v) is 2.14. The Bertz CT molecular complexity index is 508. The molecular weight excluding hydrogens is 193 g/mol. The first-order valence-corrected chi connectivity index (χ1v) is 4.63. The van der Waals surface area contributed by atoms with Crippen molar-refractivity contribution < 1.29 is 9.50 Å². The number of hydrogen-bond acceptors (Lipinski definition) is 2. The number of rotatable bonds is 2. The second kappa shape index (κ2) is 4.19. The predicted octanol–water partition coefficient (Wildman–Crippen LogP) is 2.54. The maximum Gasteiger partial charge on any atom is 0.130 e. The van der Waals surface area contributed by atoms with E-state index in [1.165, 1.54) is 6.20 Å². The lowest BCUT2D eigenvalue weighted by Crippen LogP contribution is -1.85. The second-order valence-electron chi connectivity index (χ2n) is 3.15. The monoisotopic (exact) mass is 203 g/mol. The minimum atomic E-state index is -0.448. The number of halogens is 1. The van der Waals surface area contributed by atoms with Gasteiger partial charge in [0.2, 0.25) is 0 Å². The first-order chi connectivity index (χ1) is 7.31. The van der Waals surface area contributed by atoms with Gasteiger partial charge in [0.05, 0.1) is 12.1 Å². The summed E-state index contributed by atoms with van der Waals surface area (Å²) in [6.45, 7) is -0.307. The minimum absolute atomic E-state index is 0.307. The fourth-order valence-corrected chi connectivity index (χ4v) is 1.40. The molecule has 2 nitrogen and oxygen atoms in total. The number of nitrogens with zero attached hydrogens (tertiary/aromatic N) is 1. The Labute approximate surface area is 86.7 Å². The summed E-state index contributed by atoms with van der Waals surface area (Å²) in [6.07, 6.45) is 2.58. The van der Waals surface area contributed by atoms with Crippen LogP contribution in [-0.2, 0) is 0 Å². The SMILES string of the molecule is OCC=C(F)c1cnc2ccccc2c1. The third-order valence-electron chi connectivity index (χ3n) is 2.14. The summed E-state index contributed by atoms with van der Waals surface area (Å²) in [5.74, 6) is -0.448. The van der Waals surface area contributed by atoms with Crippen LogP contribution in [0.25, 0.3) is 16.7 Å². The van der Waals surface area contributed by atoms with Crippen LogP contribution in [0.2, 0.25) is 0 Å². The van der Waals surface area contributed by atoms with E-state index in [2.05, 4.69) is 4.98 Å². The summed E-state index contributed by atoms with van der Waals surface area (Å²) in [6, 6.07) is 9.21. The summed E-state index contributed by atoms with van der Waals surface area (Å²) in [4.78, 5) is 4.12. The van der Waals surface area contributed by atoms with Crippen molar-refractivity contribution in [2.75, 3.05) is 6.61 Å². The average Bonchev–Trinajstić information content (AvgIpc) is 2.29. The van der Waals surface area contributed by atoms with Crippen LogP contribution in [0.15, 0.2) is 42.6 Å². The van der Waals surface area contributed by atoms with Gasteiger partial charge in [-0.1, -0.05) is 18.2 Å². The molecular formula is C12H10FNO. The zero-order valence-corrected chi connectivity index (χ0v) is 8.02. The highest BCUT2D eigenvalue weighted by Crippen LogP contribution is 2.19. The molecule has 0 aliphatic carbocycles. The normalized spacial score (nSPS) is 12.0. The highest BCUT2D eigenvalue weighted by atomic mass is 19.1. The molecule has 76 valence electrons. The van der Waals surface area contributed by atoms with Crippen molar-refractivity contribution in [3.8, 4) is 0 Å². The number of hydrogen-bond donors (Lipinski definition) is 1. The Morgan fingerprint density at radius 2 is 2.20 bits per heavy atom. The first kappa shape index (κ1) is 9.80. The molecule has 0 aliphatic heterocycles. The van der Waals surface area contributed by atoms with E-state index in [-0.39, 0.29) is 6.61 Å². The van der Waals surface area contributed by atoms with Crippen molar-refractivity contribution in [3.63, 3.8) is 0 Å². The van der Waals surface area contributed by atoms with E-state index in [0.29, 0.717) is 5.56 Å². The molecule has 1 aromatic heterocycles. The van der Waals surface area contributed by atoms with E-state index in [1.807, 2.05) is 24.3 Å². The van der Waals surface area contributed by atoms with E-state index in [4.69, 9.17) is 5.11 Å². The fourth-order valence-electron chi connectivity index (χ4n) is 1.40. The summed E-state index contributed by atoms with van der Waals surface area (Å²) < 4.78 is 13.3. The van der Waals surface area contributed by atoms with Crippen molar-refractivity contribution in [3.05, 3.63) is 48.2 Å². The van der Waals surface area contributed by atoms with Gasteiger partial charge in [-0.05, 0) is 18.2 Å². The molecule has 0 spiro atoms. The molecule has 0 bridgehead atoms. The smallest absolute Gasteiger partial charge is 0.130 e. The van der Waals surface area contributed by atoms with E-state index < -0.39 is 5.83 Å². The van der Waals surface area contributed by atoms with E-state index in [9.17, 15) is 4.39 Å². The molecule has 0 aliphatic rings. The molecule has 0 amide bonds. The van der Waals surface area contributed by atoms with Crippen molar-refractivity contribution in [1.29, 1.82) is 0 Å². The van der Waals surface area contributed by atoms with E-state index in [0.717, 1.165) is 17.0 Å². The van der Waals surface area contributed by atoms with Crippen LogP contribution in [0.4, 0.5) is 4.39 Å². The number of para-hydroxylation sites is 1. The van der Waals surface area contributed by atoms with Crippen molar-refractivity contribution in [1.82, 2.24) is 4.98 Å². The van der Waals surface area contributed by atoms with Crippen LogP contribution in [0.5, 0.6) is 0 Å². The van der Waals surface area contributed by atoms with Crippen molar-refractivity contribution in [2.24, 2.45) is 0 Å². The second-order valence-corrected chi connectivity index (χ2v) is 3.15. The van der Waals surface area contributed by atoms with Gasteiger partial charge in [-0.3, -0.25) is 4.98 Å². The van der Waals surface area contributed by atoms with Crippen LogP contribution in [0.3, 0.4) is 0 Å². The summed E-state index contributed by atoms with van der Waals surface area (Å²) in [5, 5.41) is 9.46. The molecule has 1 aromatic carbocycles. The standard InChI is InChI=1S/C12H10FNO/c13-11(5-6-15)10-7-9-3-1-2-4-12(9)14-8-10/h1-5,7-8,15H,6H2. The topological polar surface area (TPSA) is 33.1 Å². The van der Waals surface area contributed by atoms with Crippen LogP contribution < -0.4 is 0 Å². The predicted molar refractivity (Wildman–Crippen MR) is 57.9 cm³/mol. The van der Waals surface area contributed by atoms with Gasteiger partial charge in [0, 0.05) is 17.1 Å². The maximum absolute atomic E-state index is 13.3. The number of benzene rings is 1. The Morgan fingerprint density at radius 1 is 1.40 bits per heavy atom. The van der Waals surface area contributed by atoms with E-state index in [1.54, 1.807) is 6.07 Å². The largest absolute Gasteiger partial charge is 0.392 e. The van der Waals surface area contributed by atoms with Gasteiger partial charge in [-0.15, -0.1) is 0 Å². The molecule has 0 atom stereocenters. The molecule has 0 saturated carbocycles. The highest BCUT2D eigenvalue weighted by Gasteiger charge is 2.01. The van der Waals surface area contributed by atoms with E-state index >= 15 is 0 Å². The Balaban J connectivity index is 2.51. The van der Waals surface area contributed by atoms with Crippen molar-refractivity contribution in [2.45, 2.75) is 0 Å². The summed E-state index contributed by atoms with van der Waals surface area (Å²) >= 11 is 0. The molecule has 2 aromatic rings. The number of fused-ring (bicyclic) bond motifs is 1. The number of aromatic nitrogens is 1. The summed E-state index contributed by atoms with van der Waals surface area (Å²) in [7, 11) is 0. The lowest BCUT2D eigenvalue weighted by Gasteiger charge is -2.00. The van der Waals surface area contributed by atoms with Crippen LogP contribution in [0, 0.1) is 0 Å². The van der Waals surface area contributed by atoms with Crippen molar-refractivity contribution >= 4 is 16.7 Å². The van der Waals surface area contributed by atoms with Crippen LogP contribution in [-0.4, -0.2) is 16.7 Å². The molecule has 0 saturated heterocycles. The fraction of sp³-hybridized carbons (Fsp3) is 0.0833. The molecule has 2 rings (SSSR count). The van der Waals surface area contributed by atoms with Gasteiger partial charge in [0.15, 0.2) is 0 Å². The van der Waals surface area contributed by atoms with Gasteiger partial charge >= 0.3 is 0 Å². The zero-order chi connectivity index (χ0) is 10.7. The molecule has 0 radical (unpaired) electrons. The molecule has 0 fully saturated rings. The van der Waals surface area contributed by atoms with Gasteiger partial charge in [0.1, 0.15) is 5.83 Å². The van der Waals surface area contributed by atoms with Gasteiger partial charge < -0.3 is 5.11 Å². The lowest BCUT2D eigenvalue weighted by molar-refractivity contribution is 0.342. The van der Waals surface area contributed by atoms with Gasteiger partial charge in [-0.2, -0.15) is 0 Å². The number of pyridine rings is 1. The minimum Gasteiger partial charge on any atom is -0.392 e. The van der Waals surface area contributed by atoms with Gasteiger partial charge in [0.25, 0.3) is 0 Å². The first-order valence-electron chi connectivity index (χ1n) is 4.63. The Hall–Kier alpha value is -1.74. The van der Waals surface area contributed by atoms with Crippen LogP contribution >= 0.6 is 0 Å². The Morgan fingerprint density at radius 3 is 3.00 bits per heavy atom. The quantitative estimate of drug-likeness (QED) is 0.813. The molecule has 15 heavy (non-hydrogen) atoms. The number of aliphatic hydroxyl groups excluding tert-OH is 1. The maximum atomic E-state index is 13.3. The van der Waals surface area contributed by atoms with Gasteiger partial charge in [-0.25, -0.2) is 4.39 Å². The van der Waals surface area contributed by atoms with Crippen LogP contribution in [0.1, 0.15) is 5.56 Å². The zero-order valence-electron chi connectivity index (χ0n) is 8.02.